The monoisotopic (exact) mass is 472 g/mol. The molecule has 0 radical (unpaired) electrons. The van der Waals surface area contributed by atoms with Gasteiger partial charge in [0.2, 0.25) is 0 Å². The van der Waals surface area contributed by atoms with E-state index in [1.807, 2.05) is 0 Å². The fraction of sp³-hybridized carbons (Fsp3) is 0. The Balaban J connectivity index is 1.99. The first-order chi connectivity index (χ1) is 15.6. The van der Waals surface area contributed by atoms with E-state index in [1.165, 1.54) is 36.4 Å². The van der Waals surface area contributed by atoms with Gasteiger partial charge in [0, 0.05) is 23.8 Å². The molecular weight excluding hydrogens is 456 g/mol. The number of sulfonamides is 1. The van der Waals surface area contributed by atoms with E-state index in [0.29, 0.717) is 0 Å². The van der Waals surface area contributed by atoms with Crippen molar-refractivity contribution >= 4 is 39.3 Å². The molecule has 0 heterocycles. The van der Waals surface area contributed by atoms with Gasteiger partial charge in [-0.15, -0.1) is 0 Å². The molecule has 0 saturated carbocycles. The lowest BCUT2D eigenvalue weighted by molar-refractivity contribution is -0.385. The molecule has 0 unspecified atom stereocenters. The largest absolute Gasteiger partial charge is 0.508 e. The molecule has 170 valence electrons. The Kier molecular flexibility index (Phi) is 6.44. The van der Waals surface area contributed by atoms with Gasteiger partial charge in [-0.05, 0) is 30.3 Å². The van der Waals surface area contributed by atoms with Crippen LogP contribution in [0.15, 0.2) is 70.7 Å². The van der Waals surface area contributed by atoms with Crippen molar-refractivity contribution in [2.45, 2.75) is 4.90 Å². The number of anilines is 2. The Morgan fingerprint density at radius 1 is 1.03 bits per heavy atom. The topological polar surface area (TPSA) is 191 Å². The average Bonchev–Trinajstić information content (AvgIpc) is 2.75. The van der Waals surface area contributed by atoms with Crippen molar-refractivity contribution in [3.05, 3.63) is 81.9 Å². The van der Waals surface area contributed by atoms with E-state index in [0.717, 1.165) is 30.5 Å². The van der Waals surface area contributed by atoms with Crippen LogP contribution in [0.4, 0.5) is 17.1 Å². The zero-order valence-electron chi connectivity index (χ0n) is 16.5. The van der Waals surface area contributed by atoms with Gasteiger partial charge in [0.05, 0.1) is 28.1 Å². The highest BCUT2D eigenvalue weighted by molar-refractivity contribution is 7.93. The molecule has 0 saturated heterocycles. The first kappa shape index (κ1) is 23.0. The van der Waals surface area contributed by atoms with Crippen molar-refractivity contribution in [1.82, 2.24) is 0 Å². The van der Waals surface area contributed by atoms with Crippen molar-refractivity contribution in [3.63, 3.8) is 0 Å². The molecule has 12 nitrogen and oxygen atoms in total. The number of hydrogen-bond donors (Lipinski definition) is 5. The number of carboxylic acid groups (broad SMARTS) is 1. The van der Waals surface area contributed by atoms with E-state index in [1.54, 1.807) is 0 Å². The Labute approximate surface area is 186 Å². The first-order valence-corrected chi connectivity index (χ1v) is 10.5. The SMILES string of the molecule is O=C(O)c1ccccc1NS(=O)(=O)c1cc([N+](=O)[O-])ccc1NN=Cc1ccc(O)cc1O. The summed E-state index contributed by atoms with van der Waals surface area (Å²) in [4.78, 5) is 21.2. The number of carbonyl (C=O) groups is 1. The van der Waals surface area contributed by atoms with Crippen LogP contribution in [-0.4, -0.2) is 40.8 Å². The molecule has 0 aliphatic heterocycles. The van der Waals surface area contributed by atoms with Gasteiger partial charge in [0.15, 0.2) is 0 Å². The molecule has 0 amide bonds. The smallest absolute Gasteiger partial charge is 0.337 e. The zero-order chi connectivity index (χ0) is 24.2. The number of aromatic carboxylic acids is 1. The van der Waals surface area contributed by atoms with Gasteiger partial charge in [-0.3, -0.25) is 20.3 Å². The Hall–Kier alpha value is -4.65. The van der Waals surface area contributed by atoms with Gasteiger partial charge < -0.3 is 15.3 Å². The second-order valence-electron chi connectivity index (χ2n) is 6.51. The number of phenolic OH excluding ortho intramolecular Hbond substituents is 2. The van der Waals surface area contributed by atoms with Crippen LogP contribution >= 0.6 is 0 Å². The number of hydrazone groups is 1. The molecule has 0 atom stereocenters. The molecule has 3 aromatic carbocycles. The summed E-state index contributed by atoms with van der Waals surface area (Å²) >= 11 is 0. The van der Waals surface area contributed by atoms with Gasteiger partial charge in [-0.2, -0.15) is 5.10 Å². The van der Waals surface area contributed by atoms with Crippen molar-refractivity contribution in [1.29, 1.82) is 0 Å². The van der Waals surface area contributed by atoms with E-state index in [-0.39, 0.29) is 34.0 Å². The Morgan fingerprint density at radius 2 is 1.76 bits per heavy atom. The quantitative estimate of drug-likeness (QED) is 0.186. The second-order valence-corrected chi connectivity index (χ2v) is 8.16. The van der Waals surface area contributed by atoms with E-state index in [9.17, 15) is 38.6 Å². The van der Waals surface area contributed by atoms with Crippen LogP contribution in [-0.2, 0) is 10.0 Å². The highest BCUT2D eigenvalue weighted by Crippen LogP contribution is 2.29. The number of rotatable bonds is 8. The number of nitro groups is 1. The van der Waals surface area contributed by atoms with E-state index in [2.05, 4.69) is 15.2 Å². The van der Waals surface area contributed by atoms with E-state index >= 15 is 0 Å². The molecule has 0 aromatic heterocycles. The zero-order valence-corrected chi connectivity index (χ0v) is 17.4. The highest BCUT2D eigenvalue weighted by Gasteiger charge is 2.24. The standard InChI is InChI=1S/C20H16N4O8S/c25-14-7-5-12(18(26)10-14)11-21-22-17-8-6-13(24(29)30)9-19(17)33(31,32)23-16-4-2-1-3-15(16)20(27)28/h1-11,22-23,25-26H,(H,27,28). The molecule has 0 spiro atoms. The van der Waals surface area contributed by atoms with Crippen molar-refractivity contribution in [2.24, 2.45) is 5.10 Å². The van der Waals surface area contributed by atoms with Gasteiger partial charge in [-0.1, -0.05) is 12.1 Å². The number of hydrogen-bond acceptors (Lipinski definition) is 9. The third-order valence-electron chi connectivity index (χ3n) is 4.27. The second kappa shape index (κ2) is 9.23. The average molecular weight is 472 g/mol. The molecule has 0 aliphatic rings. The summed E-state index contributed by atoms with van der Waals surface area (Å²) in [7, 11) is -4.50. The number of nitrogens with zero attached hydrogens (tertiary/aromatic N) is 2. The molecule has 0 fully saturated rings. The fourth-order valence-electron chi connectivity index (χ4n) is 2.71. The summed E-state index contributed by atoms with van der Waals surface area (Å²) in [6.45, 7) is 0. The molecule has 0 aliphatic carbocycles. The van der Waals surface area contributed by atoms with Gasteiger partial charge in [0.25, 0.3) is 15.7 Å². The minimum atomic E-state index is -4.50. The normalized spacial score (nSPS) is 11.3. The maximum absolute atomic E-state index is 13.0. The lowest BCUT2D eigenvalue weighted by Crippen LogP contribution is -2.17. The van der Waals surface area contributed by atoms with Gasteiger partial charge >= 0.3 is 5.97 Å². The van der Waals surface area contributed by atoms with E-state index < -0.39 is 31.5 Å². The number of non-ortho nitro benzene ring substituents is 1. The predicted molar refractivity (Wildman–Crippen MR) is 118 cm³/mol. The fourth-order valence-corrected chi connectivity index (χ4v) is 3.97. The van der Waals surface area contributed by atoms with Crippen molar-refractivity contribution < 1.29 is 33.5 Å². The molecule has 3 aromatic rings. The molecule has 33 heavy (non-hydrogen) atoms. The number of phenols is 2. The minimum Gasteiger partial charge on any atom is -0.508 e. The Morgan fingerprint density at radius 3 is 2.42 bits per heavy atom. The number of nitrogens with one attached hydrogen (secondary N) is 2. The number of aromatic hydroxyl groups is 2. The summed E-state index contributed by atoms with van der Waals surface area (Å²) < 4.78 is 28.1. The lowest BCUT2D eigenvalue weighted by atomic mass is 10.2. The number of nitro benzene ring substituents is 1. The molecule has 5 N–H and O–H groups in total. The maximum Gasteiger partial charge on any atom is 0.337 e. The van der Waals surface area contributed by atoms with Crippen LogP contribution < -0.4 is 10.1 Å². The Bertz CT molecular complexity index is 1370. The van der Waals surface area contributed by atoms with E-state index in [4.69, 9.17) is 0 Å². The van der Waals surface area contributed by atoms with Crippen LogP contribution in [0.25, 0.3) is 0 Å². The molecule has 13 heteroatoms. The molecule has 0 bridgehead atoms. The predicted octanol–water partition coefficient (Wildman–Crippen LogP) is 2.95. The maximum atomic E-state index is 13.0. The van der Waals surface area contributed by atoms with Crippen LogP contribution in [0.3, 0.4) is 0 Å². The number of benzene rings is 3. The summed E-state index contributed by atoms with van der Waals surface area (Å²) in [6.07, 6.45) is 1.14. The van der Waals surface area contributed by atoms with Crippen LogP contribution in [0.1, 0.15) is 15.9 Å². The third-order valence-corrected chi connectivity index (χ3v) is 5.68. The van der Waals surface area contributed by atoms with Crippen LogP contribution in [0, 0.1) is 10.1 Å². The van der Waals surface area contributed by atoms with Crippen molar-refractivity contribution in [2.75, 3.05) is 10.1 Å². The summed E-state index contributed by atoms with van der Waals surface area (Å²) in [5.74, 6) is -1.83. The highest BCUT2D eigenvalue weighted by atomic mass is 32.2. The van der Waals surface area contributed by atoms with Crippen LogP contribution in [0.2, 0.25) is 0 Å². The minimum absolute atomic E-state index is 0.157. The number of carboxylic acids is 1. The van der Waals surface area contributed by atoms with Gasteiger partial charge in [0.1, 0.15) is 16.4 Å². The summed E-state index contributed by atoms with van der Waals surface area (Å²) in [5, 5.41) is 43.4. The molecule has 3 rings (SSSR count). The van der Waals surface area contributed by atoms with Crippen molar-refractivity contribution in [3.8, 4) is 11.5 Å². The summed E-state index contributed by atoms with van der Waals surface area (Å²) in [5.41, 5.74) is 1.40. The van der Waals surface area contributed by atoms with Gasteiger partial charge in [-0.25, -0.2) is 13.2 Å². The van der Waals surface area contributed by atoms with Crippen LogP contribution in [0.5, 0.6) is 11.5 Å². The molecular formula is C20H16N4O8S. The number of para-hydroxylation sites is 1. The lowest BCUT2D eigenvalue weighted by Gasteiger charge is -2.13. The summed E-state index contributed by atoms with van der Waals surface area (Å²) in [6, 6.07) is 12.0. The first-order valence-electron chi connectivity index (χ1n) is 9.03. The third kappa shape index (κ3) is 5.34.